The molecule has 1 saturated heterocycles. The maximum absolute atomic E-state index is 12.7. The highest BCUT2D eigenvalue weighted by Gasteiger charge is 2.34. The second-order valence-corrected chi connectivity index (χ2v) is 10.3. The summed E-state index contributed by atoms with van der Waals surface area (Å²) in [6.45, 7) is 10.6. The minimum atomic E-state index is -3.15. The van der Waals surface area contributed by atoms with E-state index < -0.39 is 10.0 Å². The Labute approximate surface area is 130 Å². The van der Waals surface area contributed by atoms with Gasteiger partial charge in [0, 0.05) is 25.7 Å². The molecule has 0 aromatic heterocycles. The third kappa shape index (κ3) is 4.67. The third-order valence-corrected chi connectivity index (χ3v) is 7.32. The Bertz CT molecular complexity index is 438. The van der Waals surface area contributed by atoms with Crippen molar-refractivity contribution >= 4 is 10.0 Å². The quantitative estimate of drug-likeness (QED) is 0.848. The van der Waals surface area contributed by atoms with E-state index in [1.54, 1.807) is 4.31 Å². The normalized spacial score (nSPS) is 27.3. The number of rotatable bonds is 5. The maximum Gasteiger partial charge on any atom is 0.217 e. The highest BCUT2D eigenvalue weighted by atomic mass is 32.2. The number of nitrogens with zero attached hydrogens (tertiary/aromatic N) is 1. The molecule has 0 radical (unpaired) electrons. The van der Waals surface area contributed by atoms with E-state index in [9.17, 15) is 8.42 Å². The molecule has 1 saturated carbocycles. The molecule has 2 atom stereocenters. The average molecular weight is 317 g/mol. The highest BCUT2D eigenvalue weighted by molar-refractivity contribution is 7.89. The lowest BCUT2D eigenvalue weighted by Crippen LogP contribution is -2.43. The fourth-order valence-corrected chi connectivity index (χ4v) is 4.73. The number of hydrogen-bond acceptors (Lipinski definition) is 3. The van der Waals surface area contributed by atoms with Crippen molar-refractivity contribution in [2.24, 2.45) is 11.3 Å². The Morgan fingerprint density at radius 1 is 1.14 bits per heavy atom. The minimum Gasteiger partial charge on any atom is -0.313 e. The van der Waals surface area contributed by atoms with Gasteiger partial charge < -0.3 is 5.32 Å². The Morgan fingerprint density at radius 3 is 2.38 bits per heavy atom. The summed E-state index contributed by atoms with van der Waals surface area (Å²) in [6, 6.07) is 0.567. The number of nitrogens with one attached hydrogen (secondary N) is 1. The summed E-state index contributed by atoms with van der Waals surface area (Å²) in [6.07, 6.45) is 5.52. The van der Waals surface area contributed by atoms with E-state index in [1.807, 2.05) is 6.92 Å². The molecule has 0 amide bonds. The summed E-state index contributed by atoms with van der Waals surface area (Å²) in [7, 11) is -3.15. The van der Waals surface area contributed by atoms with Gasteiger partial charge in [0.2, 0.25) is 10.0 Å². The number of sulfonamides is 1. The van der Waals surface area contributed by atoms with Crippen LogP contribution in [0.5, 0.6) is 0 Å². The molecular weight excluding hydrogens is 284 g/mol. The molecule has 124 valence electrons. The van der Waals surface area contributed by atoms with E-state index in [-0.39, 0.29) is 10.7 Å². The van der Waals surface area contributed by atoms with Crippen molar-refractivity contribution < 1.29 is 8.42 Å². The van der Waals surface area contributed by atoms with Gasteiger partial charge in [0.05, 0.1) is 5.25 Å². The standard InChI is InChI=1S/C16H32N2O2S/c1-13(12-17-15-7-8-15)21(19,20)18-10-5-6-14(9-11-18)16(2,3)4/h13-15,17H,5-12H2,1-4H3. The summed E-state index contributed by atoms with van der Waals surface area (Å²) in [4.78, 5) is 0. The van der Waals surface area contributed by atoms with Crippen molar-refractivity contribution in [3.63, 3.8) is 0 Å². The van der Waals surface area contributed by atoms with Gasteiger partial charge in [0.25, 0.3) is 0 Å². The molecule has 0 spiro atoms. The van der Waals surface area contributed by atoms with Gasteiger partial charge >= 0.3 is 0 Å². The zero-order valence-electron chi connectivity index (χ0n) is 14.1. The molecular formula is C16H32N2O2S. The highest BCUT2D eigenvalue weighted by Crippen LogP contribution is 2.35. The monoisotopic (exact) mass is 316 g/mol. The van der Waals surface area contributed by atoms with Crippen LogP contribution < -0.4 is 5.32 Å². The second-order valence-electron chi connectivity index (χ2n) is 7.93. The van der Waals surface area contributed by atoms with E-state index in [4.69, 9.17) is 0 Å². The van der Waals surface area contributed by atoms with Crippen LogP contribution in [0.15, 0.2) is 0 Å². The topological polar surface area (TPSA) is 49.4 Å². The van der Waals surface area contributed by atoms with E-state index in [0.29, 0.717) is 31.6 Å². The zero-order chi connectivity index (χ0) is 15.7. The van der Waals surface area contributed by atoms with Crippen molar-refractivity contribution in [3.8, 4) is 0 Å². The van der Waals surface area contributed by atoms with Crippen molar-refractivity contribution in [1.82, 2.24) is 9.62 Å². The van der Waals surface area contributed by atoms with Crippen LogP contribution in [0.1, 0.15) is 59.8 Å². The van der Waals surface area contributed by atoms with Crippen molar-refractivity contribution in [1.29, 1.82) is 0 Å². The van der Waals surface area contributed by atoms with Gasteiger partial charge in [-0.2, -0.15) is 0 Å². The summed E-state index contributed by atoms with van der Waals surface area (Å²) in [5.41, 5.74) is 0.277. The fourth-order valence-electron chi connectivity index (χ4n) is 3.17. The Kier molecular flexibility index (Phi) is 5.37. The van der Waals surface area contributed by atoms with E-state index >= 15 is 0 Å². The lowest BCUT2D eigenvalue weighted by molar-refractivity contribution is 0.216. The van der Waals surface area contributed by atoms with Gasteiger partial charge in [0.1, 0.15) is 0 Å². The van der Waals surface area contributed by atoms with Gasteiger partial charge in [-0.3, -0.25) is 0 Å². The van der Waals surface area contributed by atoms with E-state index in [1.165, 1.54) is 12.8 Å². The first kappa shape index (κ1) is 17.2. The van der Waals surface area contributed by atoms with Crippen molar-refractivity contribution in [2.45, 2.75) is 71.1 Å². The molecule has 1 aliphatic heterocycles. The van der Waals surface area contributed by atoms with Crippen molar-refractivity contribution in [3.05, 3.63) is 0 Å². The van der Waals surface area contributed by atoms with Crippen molar-refractivity contribution in [2.75, 3.05) is 19.6 Å². The maximum atomic E-state index is 12.7. The lowest BCUT2D eigenvalue weighted by Gasteiger charge is -2.30. The summed E-state index contributed by atoms with van der Waals surface area (Å²) < 4.78 is 27.2. The predicted molar refractivity (Wildman–Crippen MR) is 87.8 cm³/mol. The second kappa shape index (κ2) is 6.55. The first-order valence-electron chi connectivity index (χ1n) is 8.43. The molecule has 2 rings (SSSR count). The van der Waals surface area contributed by atoms with Gasteiger partial charge in [-0.25, -0.2) is 12.7 Å². The van der Waals surface area contributed by atoms with Crippen LogP contribution in [-0.2, 0) is 10.0 Å². The van der Waals surface area contributed by atoms with Gasteiger partial charge in [-0.05, 0) is 50.4 Å². The lowest BCUT2D eigenvalue weighted by atomic mass is 9.77. The largest absolute Gasteiger partial charge is 0.313 e. The molecule has 4 nitrogen and oxygen atoms in total. The summed E-state index contributed by atoms with van der Waals surface area (Å²) in [5, 5.41) is 3.03. The van der Waals surface area contributed by atoms with Crippen LogP contribution in [0.2, 0.25) is 0 Å². The van der Waals surface area contributed by atoms with Gasteiger partial charge in [0.15, 0.2) is 0 Å². The molecule has 21 heavy (non-hydrogen) atoms. The number of hydrogen-bond donors (Lipinski definition) is 1. The summed E-state index contributed by atoms with van der Waals surface area (Å²) >= 11 is 0. The van der Waals surface area contributed by atoms with Crippen LogP contribution in [0.4, 0.5) is 0 Å². The average Bonchev–Trinajstić information content (AvgIpc) is 3.20. The van der Waals surface area contributed by atoms with Crippen LogP contribution in [0, 0.1) is 11.3 Å². The smallest absolute Gasteiger partial charge is 0.217 e. The molecule has 1 heterocycles. The van der Waals surface area contributed by atoms with E-state index in [2.05, 4.69) is 26.1 Å². The first-order chi connectivity index (χ1) is 9.71. The minimum absolute atomic E-state index is 0.277. The molecule has 1 N–H and O–H groups in total. The third-order valence-electron chi connectivity index (χ3n) is 5.05. The Balaban J connectivity index is 1.92. The Morgan fingerprint density at radius 2 is 1.81 bits per heavy atom. The molecule has 0 aromatic rings. The Hall–Kier alpha value is -0.130. The molecule has 2 fully saturated rings. The molecule has 1 aliphatic carbocycles. The van der Waals surface area contributed by atoms with Crippen LogP contribution in [-0.4, -0.2) is 43.6 Å². The molecule has 2 aliphatic rings. The fraction of sp³-hybridized carbons (Fsp3) is 1.00. The van der Waals surface area contributed by atoms with Crippen LogP contribution in [0.25, 0.3) is 0 Å². The SMILES string of the molecule is CC(CNC1CC1)S(=O)(=O)N1CCCC(C(C)(C)C)CC1. The zero-order valence-corrected chi connectivity index (χ0v) is 14.9. The predicted octanol–water partition coefficient (Wildman–Crippen LogP) is 2.60. The first-order valence-corrected chi connectivity index (χ1v) is 9.94. The molecule has 2 unspecified atom stereocenters. The molecule has 5 heteroatoms. The summed E-state index contributed by atoms with van der Waals surface area (Å²) in [5.74, 6) is 0.623. The molecule has 0 bridgehead atoms. The molecule has 0 aromatic carbocycles. The van der Waals surface area contributed by atoms with Gasteiger partial charge in [-0.15, -0.1) is 0 Å². The van der Waals surface area contributed by atoms with E-state index in [0.717, 1.165) is 19.3 Å². The van der Waals surface area contributed by atoms with Gasteiger partial charge in [-0.1, -0.05) is 20.8 Å². The van der Waals surface area contributed by atoms with Crippen LogP contribution in [0.3, 0.4) is 0 Å². The van der Waals surface area contributed by atoms with Crippen LogP contribution >= 0.6 is 0 Å².